The Labute approximate surface area is 261 Å². The molecule has 0 aliphatic carbocycles. The molecule has 1 aliphatic rings. The van der Waals surface area contributed by atoms with Gasteiger partial charge in [0.1, 0.15) is 5.75 Å². The molecule has 0 bridgehead atoms. The fourth-order valence-electron chi connectivity index (χ4n) is 4.79. The molecule has 2 N–H and O–H groups in total. The van der Waals surface area contributed by atoms with Gasteiger partial charge in [-0.15, -0.1) is 0 Å². The number of carbonyl (C=O) groups is 1. The van der Waals surface area contributed by atoms with E-state index >= 15 is 4.39 Å². The number of hydrogen-bond acceptors (Lipinski definition) is 8. The summed E-state index contributed by atoms with van der Waals surface area (Å²) in [5.74, 6) is 0.648. The maximum absolute atomic E-state index is 15.1. The number of thiocarbonyl (C=S) groups is 1. The van der Waals surface area contributed by atoms with Gasteiger partial charge >= 0.3 is 0 Å². The number of nitrogens with zero attached hydrogens (tertiary/aromatic N) is 2. The molecule has 1 fully saturated rings. The Hall–Kier alpha value is -4.32. The lowest BCUT2D eigenvalue weighted by Gasteiger charge is -2.26. The van der Waals surface area contributed by atoms with Crippen LogP contribution in [-0.4, -0.2) is 67.5 Å². The number of carbonyl (C=O) groups excluding carboxylic acids is 1. The van der Waals surface area contributed by atoms with Crippen LogP contribution in [0.3, 0.4) is 0 Å². The maximum Gasteiger partial charge on any atom is 0.230 e. The van der Waals surface area contributed by atoms with E-state index in [1.807, 2.05) is 31.2 Å². The third-order valence-electron chi connectivity index (χ3n) is 7.11. The quantitative estimate of drug-likeness (QED) is 0.164. The zero-order valence-electron chi connectivity index (χ0n) is 24.7. The highest BCUT2D eigenvalue weighted by Gasteiger charge is 2.15. The van der Waals surface area contributed by atoms with Crippen LogP contribution in [0.25, 0.3) is 10.9 Å². The van der Waals surface area contributed by atoms with E-state index in [9.17, 15) is 4.79 Å². The molecule has 0 atom stereocenters. The number of benzene rings is 3. The van der Waals surface area contributed by atoms with E-state index < -0.39 is 5.82 Å². The molecule has 0 unspecified atom stereocenters. The molecular weight excluding hydrogens is 583 g/mol. The van der Waals surface area contributed by atoms with Crippen molar-refractivity contribution in [2.24, 2.45) is 0 Å². The number of pyridine rings is 1. The van der Waals surface area contributed by atoms with Crippen LogP contribution in [0, 0.1) is 12.7 Å². The molecule has 44 heavy (non-hydrogen) atoms. The summed E-state index contributed by atoms with van der Waals surface area (Å²) >= 11 is 5.25. The second-order valence-corrected chi connectivity index (χ2v) is 10.8. The number of fused-ring (bicyclic) bond motifs is 1. The normalized spacial score (nSPS) is 13.3. The lowest BCUT2D eigenvalue weighted by molar-refractivity contribution is -0.119. The zero-order valence-corrected chi connectivity index (χ0v) is 25.5. The van der Waals surface area contributed by atoms with Gasteiger partial charge < -0.3 is 29.6 Å². The minimum Gasteiger partial charge on any atom is -0.493 e. The van der Waals surface area contributed by atoms with E-state index in [0.717, 1.165) is 50.4 Å². The molecule has 0 saturated carbocycles. The number of aryl methyl sites for hydroxylation is 1. The summed E-state index contributed by atoms with van der Waals surface area (Å²) in [5, 5.41) is 6.18. The van der Waals surface area contributed by atoms with E-state index in [2.05, 4.69) is 20.5 Å². The molecule has 3 aromatic carbocycles. The second-order valence-electron chi connectivity index (χ2n) is 10.4. The molecule has 230 valence electrons. The van der Waals surface area contributed by atoms with Gasteiger partial charge in [0.25, 0.3) is 0 Å². The van der Waals surface area contributed by atoms with Crippen LogP contribution in [0.2, 0.25) is 0 Å². The van der Waals surface area contributed by atoms with Crippen molar-refractivity contribution in [1.82, 2.24) is 15.2 Å². The van der Waals surface area contributed by atoms with Gasteiger partial charge in [-0.2, -0.15) is 0 Å². The highest BCUT2D eigenvalue weighted by Crippen LogP contribution is 2.38. The van der Waals surface area contributed by atoms with Crippen molar-refractivity contribution >= 4 is 39.8 Å². The van der Waals surface area contributed by atoms with Crippen molar-refractivity contribution in [3.05, 3.63) is 83.8 Å². The Balaban J connectivity index is 1.20. The number of ether oxygens (including phenoxy) is 4. The number of hydrogen-bond donors (Lipinski definition) is 2. The Morgan fingerprint density at radius 1 is 1.02 bits per heavy atom. The number of anilines is 1. The molecule has 0 spiro atoms. The number of methoxy groups -OCH3 is 1. The lowest BCUT2D eigenvalue weighted by atomic mass is 10.1. The Bertz CT molecular complexity index is 1610. The third-order valence-corrected chi connectivity index (χ3v) is 7.32. The average molecular weight is 619 g/mol. The first-order chi connectivity index (χ1) is 21.4. The minimum atomic E-state index is -0.610. The van der Waals surface area contributed by atoms with E-state index in [-0.39, 0.29) is 23.2 Å². The standard InChI is InChI=1S/C33H35FN4O5S/c1-22-4-6-23(7-5-22)18-32(39)37-33(44)36-24-8-9-29(26(34)19-24)43-28-10-11-35-27-21-31(30(40-2)20-25(27)28)42-15-3-12-38-13-16-41-17-14-38/h4-11,19-21H,3,12-18H2,1-2H3,(H2,36,37,39,44). The number of rotatable bonds is 11. The summed E-state index contributed by atoms with van der Waals surface area (Å²) < 4.78 is 38.1. The largest absolute Gasteiger partial charge is 0.493 e. The summed E-state index contributed by atoms with van der Waals surface area (Å²) in [5.41, 5.74) is 2.97. The van der Waals surface area contributed by atoms with Crippen molar-refractivity contribution in [1.29, 1.82) is 0 Å². The third kappa shape index (κ3) is 8.40. The molecule has 1 aliphatic heterocycles. The average Bonchev–Trinajstić information content (AvgIpc) is 3.02. The highest BCUT2D eigenvalue weighted by molar-refractivity contribution is 7.80. The van der Waals surface area contributed by atoms with Gasteiger partial charge in [-0.1, -0.05) is 29.8 Å². The van der Waals surface area contributed by atoms with Crippen LogP contribution >= 0.6 is 12.2 Å². The number of nitrogens with one attached hydrogen (secondary N) is 2. The zero-order chi connectivity index (χ0) is 30.9. The number of halogens is 1. The highest BCUT2D eigenvalue weighted by atomic mass is 32.1. The maximum atomic E-state index is 15.1. The van der Waals surface area contributed by atoms with E-state index in [1.165, 1.54) is 12.1 Å². The molecule has 2 heterocycles. The predicted molar refractivity (Wildman–Crippen MR) is 171 cm³/mol. The summed E-state index contributed by atoms with van der Waals surface area (Å²) in [6.07, 6.45) is 2.64. The molecule has 9 nitrogen and oxygen atoms in total. The summed E-state index contributed by atoms with van der Waals surface area (Å²) in [6.45, 7) is 6.85. The Morgan fingerprint density at radius 3 is 2.57 bits per heavy atom. The van der Waals surface area contributed by atoms with Crippen molar-refractivity contribution in [3.8, 4) is 23.0 Å². The Kier molecular flexibility index (Phi) is 10.5. The van der Waals surface area contributed by atoms with Gasteiger partial charge in [0.15, 0.2) is 28.2 Å². The second kappa shape index (κ2) is 14.9. The van der Waals surface area contributed by atoms with Gasteiger partial charge in [-0.05, 0) is 55.4 Å². The molecule has 0 radical (unpaired) electrons. The fourth-order valence-corrected chi connectivity index (χ4v) is 5.02. The topological polar surface area (TPSA) is 94.2 Å². The number of morpholine rings is 1. The van der Waals surface area contributed by atoms with Crippen molar-refractivity contribution in [2.75, 3.05) is 51.9 Å². The first kappa shape index (κ1) is 31.1. The van der Waals surface area contributed by atoms with E-state index in [4.69, 9.17) is 31.2 Å². The van der Waals surface area contributed by atoms with Crippen LogP contribution in [0.1, 0.15) is 17.5 Å². The van der Waals surface area contributed by atoms with Gasteiger partial charge in [0, 0.05) is 49.0 Å². The fraction of sp³-hybridized carbons (Fsp3) is 0.303. The summed E-state index contributed by atoms with van der Waals surface area (Å²) in [4.78, 5) is 19.2. The van der Waals surface area contributed by atoms with Crippen LogP contribution < -0.4 is 24.8 Å². The van der Waals surface area contributed by atoms with Crippen LogP contribution in [0.4, 0.5) is 10.1 Å². The van der Waals surface area contributed by atoms with Gasteiger partial charge in [-0.25, -0.2) is 4.39 Å². The smallest absolute Gasteiger partial charge is 0.230 e. The molecule has 5 rings (SSSR count). The van der Waals surface area contributed by atoms with Crippen molar-refractivity contribution in [2.45, 2.75) is 19.8 Å². The minimum absolute atomic E-state index is 0.0137. The van der Waals surface area contributed by atoms with Gasteiger partial charge in [0.05, 0.1) is 38.9 Å². The summed E-state index contributed by atoms with van der Waals surface area (Å²) in [6, 6.07) is 17.3. The van der Waals surface area contributed by atoms with Gasteiger partial charge in [0.2, 0.25) is 5.91 Å². The van der Waals surface area contributed by atoms with Crippen LogP contribution in [-0.2, 0) is 16.0 Å². The Morgan fingerprint density at radius 2 is 1.82 bits per heavy atom. The van der Waals surface area contributed by atoms with Crippen LogP contribution in [0.5, 0.6) is 23.0 Å². The first-order valence-corrected chi connectivity index (χ1v) is 14.8. The molecular formula is C33H35FN4O5S. The number of aromatic nitrogens is 1. The molecule has 1 saturated heterocycles. The summed E-state index contributed by atoms with van der Waals surface area (Å²) in [7, 11) is 1.57. The van der Waals surface area contributed by atoms with Gasteiger partial charge in [-0.3, -0.25) is 14.7 Å². The molecule has 1 amide bonds. The molecule has 1 aromatic heterocycles. The monoisotopic (exact) mass is 618 g/mol. The van der Waals surface area contributed by atoms with Crippen LogP contribution in [0.15, 0.2) is 66.9 Å². The van der Waals surface area contributed by atoms with Crippen molar-refractivity contribution < 1.29 is 28.1 Å². The SMILES string of the molecule is COc1cc2c(Oc3ccc(NC(=S)NC(=O)Cc4ccc(C)cc4)cc3F)ccnc2cc1OCCCN1CCOCC1. The predicted octanol–water partition coefficient (Wildman–Crippen LogP) is 5.64. The lowest BCUT2D eigenvalue weighted by Crippen LogP contribution is -2.37. The molecule has 4 aromatic rings. The van der Waals surface area contributed by atoms with Crippen molar-refractivity contribution in [3.63, 3.8) is 0 Å². The first-order valence-electron chi connectivity index (χ1n) is 14.4. The molecule has 11 heteroatoms. The van der Waals surface area contributed by atoms with E-state index in [1.54, 1.807) is 37.6 Å². The number of amides is 1. The van der Waals surface area contributed by atoms with E-state index in [0.29, 0.717) is 40.4 Å².